The summed E-state index contributed by atoms with van der Waals surface area (Å²) in [5, 5.41) is -0.530. The number of benzene rings is 1. The Kier molecular flexibility index (Phi) is 7.51. The number of carbonyl (C=O) groups is 2. The van der Waals surface area contributed by atoms with E-state index >= 15 is 0 Å². The van der Waals surface area contributed by atoms with E-state index in [4.69, 9.17) is 4.74 Å². The Morgan fingerprint density at radius 3 is 2.24 bits per heavy atom. The highest BCUT2D eigenvalue weighted by Gasteiger charge is 2.27. The highest BCUT2D eigenvalue weighted by atomic mass is 32.2. The summed E-state index contributed by atoms with van der Waals surface area (Å²) in [5.41, 5.74) is 1.86. The minimum absolute atomic E-state index is 0.0531. The quantitative estimate of drug-likeness (QED) is 0.711. The minimum Gasteiger partial charge on any atom is -0.465 e. The summed E-state index contributed by atoms with van der Waals surface area (Å²) in [5.74, 6) is -0.259. The van der Waals surface area contributed by atoms with Crippen LogP contribution in [0.3, 0.4) is 0 Å². The molecule has 0 N–H and O–H groups in total. The third-order valence-electron chi connectivity index (χ3n) is 3.09. The number of thioether (sulfide) groups is 1. The van der Waals surface area contributed by atoms with Crippen molar-refractivity contribution in [2.24, 2.45) is 5.92 Å². The van der Waals surface area contributed by atoms with Crippen LogP contribution in [0, 0.1) is 5.92 Å². The lowest BCUT2D eigenvalue weighted by molar-refractivity contribution is -0.143. The first-order chi connectivity index (χ1) is 9.99. The van der Waals surface area contributed by atoms with Gasteiger partial charge in [0.15, 0.2) is 0 Å². The van der Waals surface area contributed by atoms with Gasteiger partial charge in [-0.3, -0.25) is 9.59 Å². The molecule has 1 rings (SSSR count). The number of carbonyl (C=O) groups excluding carboxylic acids is 2. The van der Waals surface area contributed by atoms with Crippen LogP contribution in [0.15, 0.2) is 24.3 Å². The second-order valence-electron chi connectivity index (χ2n) is 5.27. The van der Waals surface area contributed by atoms with Gasteiger partial charge in [-0.2, -0.15) is 0 Å². The van der Waals surface area contributed by atoms with Crippen LogP contribution in [0.2, 0.25) is 0 Å². The molecule has 0 amide bonds. The Bertz CT molecular complexity index is 465. The Morgan fingerprint density at radius 1 is 1.14 bits per heavy atom. The molecule has 0 heterocycles. The molecule has 116 valence electrons. The van der Waals surface area contributed by atoms with Crippen molar-refractivity contribution in [3.63, 3.8) is 0 Å². The van der Waals surface area contributed by atoms with E-state index in [1.165, 1.54) is 5.56 Å². The van der Waals surface area contributed by atoms with Gasteiger partial charge in [-0.05, 0) is 24.8 Å². The molecule has 1 unspecified atom stereocenters. The third kappa shape index (κ3) is 5.54. The number of ether oxygens (including phenoxy) is 1. The Labute approximate surface area is 131 Å². The van der Waals surface area contributed by atoms with Crippen molar-refractivity contribution in [1.29, 1.82) is 0 Å². The Hall–Kier alpha value is -1.29. The van der Waals surface area contributed by atoms with E-state index in [0.717, 1.165) is 24.6 Å². The molecule has 0 aliphatic carbocycles. The summed E-state index contributed by atoms with van der Waals surface area (Å²) in [4.78, 5) is 24.2. The number of hydrogen-bond acceptors (Lipinski definition) is 4. The van der Waals surface area contributed by atoms with Crippen molar-refractivity contribution in [2.45, 2.75) is 45.8 Å². The molecule has 1 aromatic carbocycles. The van der Waals surface area contributed by atoms with Crippen molar-refractivity contribution in [2.75, 3.05) is 6.61 Å². The molecule has 1 aromatic rings. The monoisotopic (exact) mass is 308 g/mol. The van der Waals surface area contributed by atoms with Crippen molar-refractivity contribution in [3.8, 4) is 0 Å². The van der Waals surface area contributed by atoms with E-state index in [0.29, 0.717) is 12.2 Å². The standard InChI is InChI=1S/C17H24O3S/c1-5-7-13-8-10-14(11-9-13)17(19)21-15(12(3)4)16(18)20-6-2/h8-12,15H,5-7H2,1-4H3. The van der Waals surface area contributed by atoms with Gasteiger partial charge in [0.25, 0.3) is 0 Å². The number of rotatable bonds is 7. The average Bonchev–Trinajstić information content (AvgIpc) is 2.45. The summed E-state index contributed by atoms with van der Waals surface area (Å²) >= 11 is 1.06. The van der Waals surface area contributed by atoms with Gasteiger partial charge in [-0.25, -0.2) is 0 Å². The van der Waals surface area contributed by atoms with Gasteiger partial charge in [0, 0.05) is 5.56 Å². The molecule has 3 nitrogen and oxygen atoms in total. The van der Waals surface area contributed by atoms with Crippen LogP contribution in [0.1, 0.15) is 50.0 Å². The maximum atomic E-state index is 12.3. The molecule has 0 aliphatic heterocycles. The molecule has 0 spiro atoms. The van der Waals surface area contributed by atoms with Crippen molar-refractivity contribution >= 4 is 22.8 Å². The predicted octanol–water partition coefficient (Wildman–Crippen LogP) is 4.10. The summed E-state index contributed by atoms with van der Waals surface area (Å²) in [6, 6.07) is 7.63. The smallest absolute Gasteiger partial charge is 0.319 e. The summed E-state index contributed by atoms with van der Waals surface area (Å²) in [6.45, 7) is 8.08. The van der Waals surface area contributed by atoms with Crippen molar-refractivity contribution in [1.82, 2.24) is 0 Å². The van der Waals surface area contributed by atoms with Crippen LogP contribution in [-0.2, 0) is 16.0 Å². The van der Waals surface area contributed by atoms with E-state index < -0.39 is 5.25 Å². The average molecular weight is 308 g/mol. The van der Waals surface area contributed by atoms with Gasteiger partial charge in [0.1, 0.15) is 5.25 Å². The van der Waals surface area contributed by atoms with Crippen LogP contribution < -0.4 is 0 Å². The molecule has 21 heavy (non-hydrogen) atoms. The van der Waals surface area contributed by atoms with Crippen molar-refractivity contribution < 1.29 is 14.3 Å². The van der Waals surface area contributed by atoms with Gasteiger partial charge in [-0.15, -0.1) is 0 Å². The Morgan fingerprint density at radius 2 is 1.76 bits per heavy atom. The van der Waals surface area contributed by atoms with Gasteiger partial charge in [0.2, 0.25) is 5.12 Å². The number of hydrogen-bond donors (Lipinski definition) is 0. The lowest BCUT2D eigenvalue weighted by atomic mass is 10.1. The maximum absolute atomic E-state index is 12.3. The first-order valence-corrected chi connectivity index (χ1v) is 8.34. The predicted molar refractivity (Wildman–Crippen MR) is 87.6 cm³/mol. The zero-order chi connectivity index (χ0) is 15.8. The molecule has 0 aromatic heterocycles. The second-order valence-corrected chi connectivity index (χ2v) is 6.38. The SMILES string of the molecule is CCCc1ccc(C(=O)SC(C(=O)OCC)C(C)C)cc1. The summed E-state index contributed by atoms with van der Waals surface area (Å²) in [6.07, 6.45) is 2.10. The zero-order valence-corrected chi connectivity index (χ0v) is 14.0. The molecule has 0 saturated carbocycles. The van der Waals surface area contributed by atoms with Gasteiger partial charge < -0.3 is 4.74 Å². The van der Waals surface area contributed by atoms with Crippen LogP contribution in [0.4, 0.5) is 0 Å². The summed E-state index contributed by atoms with van der Waals surface area (Å²) < 4.78 is 5.04. The lowest BCUT2D eigenvalue weighted by Gasteiger charge is -2.17. The van der Waals surface area contributed by atoms with Gasteiger partial charge in [-0.1, -0.05) is 63.2 Å². The minimum atomic E-state index is -0.451. The topological polar surface area (TPSA) is 43.4 Å². The van der Waals surface area contributed by atoms with E-state index in [-0.39, 0.29) is 17.0 Å². The van der Waals surface area contributed by atoms with Gasteiger partial charge >= 0.3 is 5.97 Å². The molecular weight excluding hydrogens is 284 g/mol. The molecule has 0 radical (unpaired) electrons. The van der Waals surface area contributed by atoms with Crippen LogP contribution in [0.25, 0.3) is 0 Å². The summed E-state index contributed by atoms with van der Waals surface area (Å²) in [7, 11) is 0. The lowest BCUT2D eigenvalue weighted by Crippen LogP contribution is -2.27. The van der Waals surface area contributed by atoms with Crippen LogP contribution in [0.5, 0.6) is 0 Å². The highest BCUT2D eigenvalue weighted by Crippen LogP contribution is 2.25. The molecule has 0 saturated heterocycles. The molecule has 0 fully saturated rings. The van der Waals surface area contributed by atoms with E-state index in [9.17, 15) is 9.59 Å². The molecule has 1 atom stereocenters. The third-order valence-corrected chi connectivity index (χ3v) is 4.53. The fourth-order valence-electron chi connectivity index (χ4n) is 1.96. The second kappa shape index (κ2) is 8.88. The van der Waals surface area contributed by atoms with E-state index in [2.05, 4.69) is 6.92 Å². The first kappa shape index (κ1) is 17.8. The first-order valence-electron chi connectivity index (χ1n) is 7.46. The fraction of sp³-hybridized carbons (Fsp3) is 0.529. The molecule has 4 heteroatoms. The molecule has 0 aliphatic rings. The van der Waals surface area contributed by atoms with Gasteiger partial charge in [0.05, 0.1) is 6.61 Å². The number of aryl methyl sites for hydroxylation is 1. The normalized spacial score (nSPS) is 12.2. The highest BCUT2D eigenvalue weighted by molar-refractivity contribution is 8.15. The number of esters is 1. The molecular formula is C17H24O3S. The van der Waals surface area contributed by atoms with Crippen molar-refractivity contribution in [3.05, 3.63) is 35.4 Å². The maximum Gasteiger partial charge on any atom is 0.319 e. The van der Waals surface area contributed by atoms with E-state index in [1.54, 1.807) is 6.92 Å². The van der Waals surface area contributed by atoms with E-state index in [1.807, 2.05) is 38.1 Å². The molecule has 0 bridgehead atoms. The van der Waals surface area contributed by atoms with Crippen LogP contribution in [-0.4, -0.2) is 22.9 Å². The zero-order valence-electron chi connectivity index (χ0n) is 13.2. The van der Waals surface area contributed by atoms with Crippen LogP contribution >= 0.6 is 11.8 Å². The largest absolute Gasteiger partial charge is 0.465 e. The Balaban J connectivity index is 2.75. The fourth-order valence-corrected chi connectivity index (χ4v) is 2.90.